The summed E-state index contributed by atoms with van der Waals surface area (Å²) >= 11 is 0. The number of allylic oxidation sites excluding steroid dienone is 4. The van der Waals surface area contributed by atoms with Crippen LogP contribution in [-0.4, -0.2) is 61.4 Å². The van der Waals surface area contributed by atoms with Crippen LogP contribution in [0.4, 0.5) is 0 Å². The van der Waals surface area contributed by atoms with E-state index in [4.69, 9.17) is 4.74 Å². The Kier molecular flexibility index (Phi) is 15.2. The lowest BCUT2D eigenvalue weighted by molar-refractivity contribution is -0.873. The number of aliphatic carboxylic acids is 1. The smallest absolute Gasteiger partial charge is 0.308 e. The minimum atomic E-state index is -1.25. The minimum Gasteiger partial charge on any atom is -0.550 e. The maximum atomic E-state index is 12.0. The van der Waals surface area contributed by atoms with Gasteiger partial charge in [0.2, 0.25) is 0 Å². The predicted molar refractivity (Wildman–Crippen MR) is 114 cm³/mol. The van der Waals surface area contributed by atoms with Crippen LogP contribution >= 0.6 is 0 Å². The third-order valence-corrected chi connectivity index (χ3v) is 4.32. The van der Waals surface area contributed by atoms with Gasteiger partial charge in [0, 0.05) is 12.4 Å². The second kappa shape index (κ2) is 16.2. The number of carboxylic acids is 1. The van der Waals surface area contributed by atoms with Gasteiger partial charge in [-0.3, -0.25) is 4.79 Å². The van der Waals surface area contributed by atoms with Crippen molar-refractivity contribution in [1.82, 2.24) is 0 Å². The van der Waals surface area contributed by atoms with E-state index in [0.29, 0.717) is 17.4 Å². The van der Waals surface area contributed by atoms with Crippen LogP contribution in [-0.2, 0) is 14.3 Å². The van der Waals surface area contributed by atoms with Crippen LogP contribution in [0.25, 0.3) is 0 Å². The normalized spacial score (nSPS) is 14.4. The molecule has 29 heavy (non-hydrogen) atoms. The average Bonchev–Trinajstić information content (AvgIpc) is 2.57. The lowest BCUT2D eigenvalue weighted by atomic mass is 10.1. The molecule has 0 aromatic heterocycles. The zero-order valence-electron chi connectivity index (χ0n) is 18.8. The van der Waals surface area contributed by atoms with Gasteiger partial charge >= 0.3 is 5.97 Å². The Balaban J connectivity index is 3.97. The molecule has 0 aliphatic heterocycles. The molecule has 0 saturated carbocycles. The molecule has 1 N–H and O–H groups in total. The maximum absolute atomic E-state index is 12.0. The molecule has 0 bridgehead atoms. The Hall–Kier alpha value is -1.66. The first-order valence-electron chi connectivity index (χ1n) is 10.8. The van der Waals surface area contributed by atoms with E-state index in [1.165, 1.54) is 6.42 Å². The van der Waals surface area contributed by atoms with Gasteiger partial charge in [0.15, 0.2) is 6.10 Å². The highest BCUT2D eigenvalue weighted by atomic mass is 16.5. The molecule has 0 spiro atoms. The number of likely N-dealkylation sites (N-methyl/N-ethyl adjacent to an activating group) is 1. The molecule has 2 unspecified atom stereocenters. The van der Waals surface area contributed by atoms with Crippen molar-refractivity contribution in [2.45, 2.75) is 83.3 Å². The van der Waals surface area contributed by atoms with Crippen LogP contribution in [0.1, 0.15) is 71.1 Å². The highest BCUT2D eigenvalue weighted by molar-refractivity contribution is 5.71. The summed E-state index contributed by atoms with van der Waals surface area (Å²) in [5.74, 6) is -1.81. The lowest BCUT2D eigenvalue weighted by Crippen LogP contribution is -2.45. The summed E-state index contributed by atoms with van der Waals surface area (Å²) in [4.78, 5) is 22.9. The number of hydrogen-bond acceptors (Lipinski definition) is 5. The molecule has 0 fully saturated rings. The van der Waals surface area contributed by atoms with E-state index in [1.54, 1.807) is 0 Å². The van der Waals surface area contributed by atoms with Gasteiger partial charge in [-0.05, 0) is 32.1 Å². The number of carbonyl (C=O) groups excluding carboxylic acids is 2. The Morgan fingerprint density at radius 3 is 2.24 bits per heavy atom. The third kappa shape index (κ3) is 19.4. The van der Waals surface area contributed by atoms with Crippen LogP contribution in [0.5, 0.6) is 0 Å². The van der Waals surface area contributed by atoms with Crippen molar-refractivity contribution in [2.24, 2.45) is 0 Å². The Labute approximate surface area is 176 Å². The summed E-state index contributed by atoms with van der Waals surface area (Å²) < 4.78 is 5.73. The zero-order valence-corrected chi connectivity index (χ0v) is 18.8. The van der Waals surface area contributed by atoms with Crippen LogP contribution in [0, 0.1) is 0 Å². The molecule has 0 aromatic rings. The van der Waals surface area contributed by atoms with Gasteiger partial charge in [0.25, 0.3) is 0 Å². The molecule has 0 amide bonds. The number of esters is 1. The fourth-order valence-corrected chi connectivity index (χ4v) is 2.96. The standard InChI is InChI=1S/C23H41NO5/c1-5-6-7-8-9-10-11-12-13-14-15-16-20(25)17-23(28)29-21(18-22(26)27)19-24(2,3)4/h7-8,10-11,20-21,25H,5-6,9,12-19H2,1-4H3/b8-7-,11-10-. The van der Waals surface area contributed by atoms with E-state index >= 15 is 0 Å². The molecule has 0 aliphatic rings. The van der Waals surface area contributed by atoms with Crippen LogP contribution in [0.2, 0.25) is 0 Å². The van der Waals surface area contributed by atoms with E-state index < -0.39 is 24.1 Å². The maximum Gasteiger partial charge on any atom is 0.308 e. The molecular formula is C23H41NO5. The van der Waals surface area contributed by atoms with Gasteiger partial charge in [0.1, 0.15) is 6.54 Å². The number of nitrogens with zero attached hydrogens (tertiary/aromatic N) is 1. The van der Waals surface area contributed by atoms with Gasteiger partial charge in [-0.15, -0.1) is 0 Å². The first-order chi connectivity index (χ1) is 13.6. The summed E-state index contributed by atoms with van der Waals surface area (Å²) in [6, 6.07) is 0. The number of hydrogen-bond donors (Lipinski definition) is 1. The molecule has 0 aromatic carbocycles. The Bertz CT molecular complexity index is 508. The van der Waals surface area contributed by atoms with E-state index in [2.05, 4.69) is 31.2 Å². The SMILES string of the molecule is CCC/C=C\C/C=C\CCCCCC(O)CC(=O)OC(CC(=O)[O-])C[N+](C)(C)C. The summed E-state index contributed by atoms with van der Waals surface area (Å²) in [5, 5.41) is 20.9. The lowest BCUT2D eigenvalue weighted by Gasteiger charge is -2.29. The fraction of sp³-hybridized carbons (Fsp3) is 0.739. The molecule has 6 heteroatoms. The number of unbranched alkanes of at least 4 members (excludes halogenated alkanes) is 4. The predicted octanol–water partition coefficient (Wildman–Crippen LogP) is 2.75. The van der Waals surface area contributed by atoms with Crippen molar-refractivity contribution in [3.63, 3.8) is 0 Å². The van der Waals surface area contributed by atoms with Gasteiger partial charge < -0.3 is 24.2 Å². The van der Waals surface area contributed by atoms with Crippen molar-refractivity contribution in [1.29, 1.82) is 0 Å². The first-order valence-corrected chi connectivity index (χ1v) is 10.8. The van der Waals surface area contributed by atoms with Crippen LogP contribution in [0.15, 0.2) is 24.3 Å². The number of aliphatic hydroxyl groups is 1. The molecule has 0 radical (unpaired) electrons. The number of aliphatic hydroxyl groups excluding tert-OH is 1. The van der Waals surface area contributed by atoms with E-state index in [0.717, 1.165) is 38.5 Å². The topological polar surface area (TPSA) is 86.7 Å². The van der Waals surface area contributed by atoms with E-state index in [-0.39, 0.29) is 12.8 Å². The summed E-state index contributed by atoms with van der Waals surface area (Å²) in [7, 11) is 5.68. The number of carboxylic acid groups (broad SMARTS) is 1. The van der Waals surface area contributed by atoms with E-state index in [9.17, 15) is 19.8 Å². The number of rotatable bonds is 17. The molecule has 168 valence electrons. The summed E-state index contributed by atoms with van der Waals surface area (Å²) in [6.45, 7) is 2.54. The molecule has 0 heterocycles. The highest BCUT2D eigenvalue weighted by Crippen LogP contribution is 2.12. The second-order valence-electron chi connectivity index (χ2n) is 8.62. The molecule has 2 atom stereocenters. The summed E-state index contributed by atoms with van der Waals surface area (Å²) in [5.41, 5.74) is 0. The van der Waals surface area contributed by atoms with Crippen molar-refractivity contribution in [2.75, 3.05) is 27.7 Å². The largest absolute Gasteiger partial charge is 0.550 e. The highest BCUT2D eigenvalue weighted by Gasteiger charge is 2.23. The van der Waals surface area contributed by atoms with Crippen molar-refractivity contribution in [3.05, 3.63) is 24.3 Å². The molecular weight excluding hydrogens is 370 g/mol. The van der Waals surface area contributed by atoms with Gasteiger partial charge in [0.05, 0.1) is 33.7 Å². The monoisotopic (exact) mass is 411 g/mol. The van der Waals surface area contributed by atoms with Crippen molar-refractivity contribution in [3.8, 4) is 0 Å². The number of ether oxygens (including phenoxy) is 1. The van der Waals surface area contributed by atoms with Crippen molar-refractivity contribution >= 4 is 11.9 Å². The van der Waals surface area contributed by atoms with Crippen molar-refractivity contribution < 1.29 is 29.0 Å². The van der Waals surface area contributed by atoms with E-state index in [1.807, 2.05) is 21.1 Å². The summed E-state index contributed by atoms with van der Waals surface area (Å²) in [6.07, 6.45) is 14.6. The minimum absolute atomic E-state index is 0.106. The second-order valence-corrected chi connectivity index (χ2v) is 8.62. The molecule has 0 aliphatic carbocycles. The first kappa shape index (κ1) is 27.3. The van der Waals surface area contributed by atoms with Crippen LogP contribution in [0.3, 0.4) is 0 Å². The zero-order chi connectivity index (χ0) is 22.1. The molecule has 0 saturated heterocycles. The third-order valence-electron chi connectivity index (χ3n) is 4.32. The quantitative estimate of drug-likeness (QED) is 0.172. The fourth-order valence-electron chi connectivity index (χ4n) is 2.96. The average molecular weight is 412 g/mol. The van der Waals surface area contributed by atoms with Gasteiger partial charge in [-0.2, -0.15) is 0 Å². The van der Waals surface area contributed by atoms with Gasteiger partial charge in [-0.25, -0.2) is 0 Å². The van der Waals surface area contributed by atoms with Gasteiger partial charge in [-0.1, -0.05) is 50.5 Å². The van der Waals surface area contributed by atoms with Crippen LogP contribution < -0.4 is 5.11 Å². The molecule has 0 rings (SSSR count). The number of carbonyl (C=O) groups is 2. The Morgan fingerprint density at radius 2 is 1.66 bits per heavy atom. The molecule has 6 nitrogen and oxygen atoms in total. The Morgan fingerprint density at radius 1 is 1.00 bits per heavy atom. The number of quaternary nitrogens is 1.